The van der Waals surface area contributed by atoms with Crippen molar-refractivity contribution in [3.05, 3.63) is 52.1 Å². The van der Waals surface area contributed by atoms with Gasteiger partial charge in [-0.15, -0.1) is 6.42 Å². The average molecular weight is 453 g/mol. The van der Waals surface area contributed by atoms with E-state index in [1.165, 1.54) is 19.8 Å². The zero-order valence-electron chi connectivity index (χ0n) is 19.6. The third-order valence-electron chi connectivity index (χ3n) is 5.13. The lowest BCUT2D eigenvalue weighted by Crippen LogP contribution is -2.23. The van der Waals surface area contributed by atoms with Crippen LogP contribution in [-0.4, -0.2) is 50.6 Å². The zero-order valence-corrected chi connectivity index (χ0v) is 19.6. The van der Waals surface area contributed by atoms with Gasteiger partial charge in [-0.3, -0.25) is 4.79 Å². The molecule has 2 rings (SSSR count). The van der Waals surface area contributed by atoms with Gasteiger partial charge in [0.05, 0.1) is 7.11 Å². The SMILES string of the molecule is C#CCOc1ccc(C(=O)C(C)=NOCC2=C(C(=NOC)C(=O)OC)CC(C)=C(C)C2)cc1. The second-order valence-electron chi connectivity index (χ2n) is 7.41. The highest BCUT2D eigenvalue weighted by Gasteiger charge is 2.26. The first-order valence-corrected chi connectivity index (χ1v) is 10.3. The van der Waals surface area contributed by atoms with E-state index in [4.69, 9.17) is 25.6 Å². The summed E-state index contributed by atoms with van der Waals surface area (Å²) in [5, 5.41) is 7.85. The van der Waals surface area contributed by atoms with Gasteiger partial charge in [0.2, 0.25) is 5.78 Å². The number of rotatable bonds is 10. The Morgan fingerprint density at radius 3 is 2.33 bits per heavy atom. The Morgan fingerprint density at radius 2 is 1.73 bits per heavy atom. The Balaban J connectivity index is 2.17. The molecule has 0 aromatic heterocycles. The van der Waals surface area contributed by atoms with Crippen molar-refractivity contribution in [1.82, 2.24) is 0 Å². The molecule has 0 fully saturated rings. The van der Waals surface area contributed by atoms with Gasteiger partial charge in [-0.2, -0.15) is 0 Å². The molecule has 0 N–H and O–H groups in total. The minimum atomic E-state index is -0.596. The molecule has 0 radical (unpaired) electrons. The third-order valence-corrected chi connectivity index (χ3v) is 5.13. The molecule has 8 heteroatoms. The summed E-state index contributed by atoms with van der Waals surface area (Å²) in [6.07, 6.45) is 6.27. The normalized spacial score (nSPS) is 14.5. The zero-order chi connectivity index (χ0) is 24.4. The topological polar surface area (TPSA) is 95.8 Å². The van der Waals surface area contributed by atoms with Gasteiger partial charge < -0.3 is 19.1 Å². The van der Waals surface area contributed by atoms with Crippen LogP contribution in [0, 0.1) is 12.3 Å². The quantitative estimate of drug-likeness (QED) is 0.134. The van der Waals surface area contributed by atoms with Crippen LogP contribution in [0.15, 0.2) is 56.9 Å². The van der Waals surface area contributed by atoms with Gasteiger partial charge in [0.1, 0.15) is 31.8 Å². The summed E-state index contributed by atoms with van der Waals surface area (Å²) < 4.78 is 10.2. The number of oxime groups is 2. The monoisotopic (exact) mass is 452 g/mol. The summed E-state index contributed by atoms with van der Waals surface area (Å²) in [4.78, 5) is 35.2. The highest BCUT2D eigenvalue weighted by atomic mass is 16.6. The summed E-state index contributed by atoms with van der Waals surface area (Å²) in [6.45, 7) is 5.83. The van der Waals surface area contributed by atoms with Crippen molar-refractivity contribution >= 4 is 23.2 Å². The lowest BCUT2D eigenvalue weighted by molar-refractivity contribution is -0.132. The van der Waals surface area contributed by atoms with E-state index in [0.717, 1.165) is 11.1 Å². The number of allylic oxidation sites excluding steroid dienone is 2. The first-order valence-electron chi connectivity index (χ1n) is 10.3. The van der Waals surface area contributed by atoms with Crippen LogP contribution in [0.3, 0.4) is 0 Å². The Hall–Kier alpha value is -3.86. The average Bonchev–Trinajstić information content (AvgIpc) is 2.82. The number of ketones is 1. The number of Topliss-reactive ketones (excluding diaryl/α,β-unsaturated/α-hetero) is 1. The van der Waals surface area contributed by atoms with Crippen molar-refractivity contribution in [2.75, 3.05) is 27.4 Å². The van der Waals surface area contributed by atoms with Crippen LogP contribution in [0.1, 0.15) is 44.0 Å². The number of esters is 1. The number of hydrogen-bond acceptors (Lipinski definition) is 8. The molecule has 0 spiro atoms. The molecule has 0 saturated heterocycles. The van der Waals surface area contributed by atoms with Crippen LogP contribution in [0.25, 0.3) is 0 Å². The van der Waals surface area contributed by atoms with Gasteiger partial charge in [0.15, 0.2) is 5.71 Å². The number of benzene rings is 1. The van der Waals surface area contributed by atoms with Gasteiger partial charge in [-0.05, 0) is 69.0 Å². The van der Waals surface area contributed by atoms with E-state index in [9.17, 15) is 9.59 Å². The largest absolute Gasteiger partial charge is 0.481 e. The smallest absolute Gasteiger partial charge is 0.360 e. The van der Waals surface area contributed by atoms with Gasteiger partial charge in [-0.1, -0.05) is 27.4 Å². The Morgan fingerprint density at radius 1 is 1.06 bits per heavy atom. The van der Waals surface area contributed by atoms with Crippen molar-refractivity contribution in [1.29, 1.82) is 0 Å². The lowest BCUT2D eigenvalue weighted by atomic mass is 9.85. The lowest BCUT2D eigenvalue weighted by Gasteiger charge is -2.22. The van der Waals surface area contributed by atoms with Crippen LogP contribution in [0.2, 0.25) is 0 Å². The Labute approximate surface area is 193 Å². The van der Waals surface area contributed by atoms with E-state index in [0.29, 0.717) is 29.7 Å². The number of ether oxygens (including phenoxy) is 2. The summed E-state index contributed by atoms with van der Waals surface area (Å²) in [5.41, 5.74) is 4.52. The summed E-state index contributed by atoms with van der Waals surface area (Å²) in [5.74, 6) is 2.08. The first kappa shape index (κ1) is 25.4. The molecule has 0 aliphatic heterocycles. The maximum atomic E-state index is 12.6. The van der Waals surface area contributed by atoms with Crippen LogP contribution in [0.4, 0.5) is 0 Å². The second-order valence-corrected chi connectivity index (χ2v) is 7.41. The molecular formula is C25H28N2O6. The molecule has 8 nitrogen and oxygen atoms in total. The maximum Gasteiger partial charge on any atom is 0.360 e. The number of carbonyl (C=O) groups is 2. The minimum Gasteiger partial charge on any atom is -0.481 e. The fraction of sp³-hybridized carbons (Fsp3) is 0.360. The molecule has 1 aliphatic carbocycles. The fourth-order valence-corrected chi connectivity index (χ4v) is 3.20. The van der Waals surface area contributed by atoms with Crippen molar-refractivity contribution in [2.24, 2.45) is 10.3 Å². The highest BCUT2D eigenvalue weighted by molar-refractivity contribution is 6.45. The van der Waals surface area contributed by atoms with Crippen molar-refractivity contribution in [3.8, 4) is 18.1 Å². The molecular weight excluding hydrogens is 424 g/mol. The number of hydrogen-bond donors (Lipinski definition) is 0. The minimum absolute atomic E-state index is 0.0865. The molecule has 0 saturated carbocycles. The van der Waals surface area contributed by atoms with Gasteiger partial charge in [0.25, 0.3) is 0 Å². The first-order chi connectivity index (χ1) is 15.8. The van der Waals surface area contributed by atoms with Crippen LogP contribution in [-0.2, 0) is 19.2 Å². The maximum absolute atomic E-state index is 12.6. The molecule has 174 valence electrons. The molecule has 0 bridgehead atoms. The van der Waals surface area contributed by atoms with Crippen LogP contribution in [0.5, 0.6) is 5.75 Å². The fourth-order valence-electron chi connectivity index (χ4n) is 3.20. The van der Waals surface area contributed by atoms with E-state index < -0.39 is 5.97 Å². The molecule has 0 atom stereocenters. The number of terminal acetylenes is 1. The van der Waals surface area contributed by atoms with E-state index in [2.05, 4.69) is 16.2 Å². The number of nitrogens with zero attached hydrogens (tertiary/aromatic N) is 2. The Bertz CT molecular complexity index is 1060. The van der Waals surface area contributed by atoms with Gasteiger partial charge in [-0.25, -0.2) is 4.79 Å². The number of methoxy groups -OCH3 is 1. The van der Waals surface area contributed by atoms with E-state index >= 15 is 0 Å². The molecule has 1 aromatic rings. The molecule has 1 aliphatic rings. The van der Waals surface area contributed by atoms with Crippen LogP contribution >= 0.6 is 0 Å². The summed E-state index contributed by atoms with van der Waals surface area (Å²) in [6, 6.07) is 6.60. The molecule has 33 heavy (non-hydrogen) atoms. The Kier molecular flexibility index (Phi) is 9.43. The summed E-state index contributed by atoms with van der Waals surface area (Å²) >= 11 is 0. The second kappa shape index (κ2) is 12.2. The van der Waals surface area contributed by atoms with Gasteiger partial charge >= 0.3 is 5.97 Å². The van der Waals surface area contributed by atoms with Crippen molar-refractivity contribution in [3.63, 3.8) is 0 Å². The number of carbonyl (C=O) groups excluding carboxylic acids is 2. The highest BCUT2D eigenvalue weighted by Crippen LogP contribution is 2.31. The third kappa shape index (κ3) is 6.81. The van der Waals surface area contributed by atoms with Crippen molar-refractivity contribution < 1.29 is 28.7 Å². The summed E-state index contributed by atoms with van der Waals surface area (Å²) in [7, 11) is 2.65. The molecule has 0 amide bonds. The standard InChI is InChI=1S/C25H28N2O6/c1-7-12-32-21-10-8-19(9-11-21)24(28)18(4)26-33-15-20-13-16(2)17(3)14-22(20)23(27-31-6)25(29)30-5/h1,8-11H,12-15H2,2-6H3. The van der Waals surface area contributed by atoms with E-state index in [1.54, 1.807) is 31.2 Å². The van der Waals surface area contributed by atoms with Crippen LogP contribution < -0.4 is 4.74 Å². The van der Waals surface area contributed by atoms with Gasteiger partial charge in [0, 0.05) is 5.56 Å². The van der Waals surface area contributed by atoms with E-state index in [1.807, 2.05) is 13.8 Å². The molecule has 0 heterocycles. The molecule has 1 aromatic carbocycles. The van der Waals surface area contributed by atoms with Crippen molar-refractivity contribution in [2.45, 2.75) is 33.6 Å². The molecule has 0 unspecified atom stereocenters. The predicted molar refractivity (Wildman–Crippen MR) is 125 cm³/mol. The predicted octanol–water partition coefficient (Wildman–Crippen LogP) is 3.88. The van der Waals surface area contributed by atoms with E-state index in [-0.39, 0.29) is 30.4 Å².